The maximum atomic E-state index is 12.9. The van der Waals surface area contributed by atoms with Crippen LogP contribution in [-0.2, 0) is 11.2 Å². The molecule has 3 nitrogen and oxygen atoms in total. The Bertz CT molecular complexity index is 439. The smallest absolute Gasteiger partial charge is 0.227 e. The molecule has 0 aliphatic carbocycles. The maximum Gasteiger partial charge on any atom is 0.227 e. The predicted molar refractivity (Wildman–Crippen MR) is 62.6 cm³/mol. The highest BCUT2D eigenvalue weighted by Crippen LogP contribution is 2.08. The topological polar surface area (TPSA) is 44.1 Å². The zero-order valence-corrected chi connectivity index (χ0v) is 9.98. The number of hydrogen-bond donors (Lipinski definition) is 0. The molecule has 1 rings (SSSR count). The Hall–Kier alpha value is -1.89. The van der Waals surface area contributed by atoms with Crippen molar-refractivity contribution in [2.75, 3.05) is 7.05 Å². The van der Waals surface area contributed by atoms with E-state index in [1.807, 2.05) is 13.0 Å². The van der Waals surface area contributed by atoms with Gasteiger partial charge >= 0.3 is 0 Å². The first-order valence-corrected chi connectivity index (χ1v) is 5.41. The van der Waals surface area contributed by atoms with E-state index in [0.29, 0.717) is 12.0 Å². The van der Waals surface area contributed by atoms with Gasteiger partial charge in [0.25, 0.3) is 0 Å². The van der Waals surface area contributed by atoms with Crippen molar-refractivity contribution in [1.82, 2.24) is 4.90 Å². The van der Waals surface area contributed by atoms with Crippen molar-refractivity contribution in [2.24, 2.45) is 0 Å². The van der Waals surface area contributed by atoms with Crippen LogP contribution in [0.1, 0.15) is 18.9 Å². The Morgan fingerprint density at radius 1 is 1.59 bits per heavy atom. The second-order valence-electron chi connectivity index (χ2n) is 4.02. The third-order valence-electron chi connectivity index (χ3n) is 2.69. The molecule has 1 unspecified atom stereocenters. The number of rotatable bonds is 4. The van der Waals surface area contributed by atoms with E-state index in [0.717, 1.165) is 0 Å². The monoisotopic (exact) mass is 234 g/mol. The number of nitriles is 1. The summed E-state index contributed by atoms with van der Waals surface area (Å²) in [7, 11) is 1.66. The van der Waals surface area contributed by atoms with Crippen molar-refractivity contribution in [3.63, 3.8) is 0 Å². The SMILES string of the molecule is CC(CC#N)N(C)C(=O)Cc1cccc(F)c1. The molecular formula is C13H15FN2O. The number of benzene rings is 1. The van der Waals surface area contributed by atoms with Crippen molar-refractivity contribution in [3.8, 4) is 6.07 Å². The second-order valence-corrected chi connectivity index (χ2v) is 4.02. The van der Waals surface area contributed by atoms with Crippen LogP contribution in [0, 0.1) is 17.1 Å². The zero-order chi connectivity index (χ0) is 12.8. The number of halogens is 1. The quantitative estimate of drug-likeness (QED) is 0.801. The molecule has 0 aliphatic heterocycles. The highest BCUT2D eigenvalue weighted by molar-refractivity contribution is 5.78. The molecule has 17 heavy (non-hydrogen) atoms. The first-order valence-electron chi connectivity index (χ1n) is 5.41. The third kappa shape index (κ3) is 3.87. The Kier molecular flexibility index (Phi) is 4.65. The standard InChI is InChI=1S/C13H15FN2O/c1-10(6-7-15)16(2)13(17)9-11-4-3-5-12(14)8-11/h3-5,8,10H,6,9H2,1-2H3. The number of nitrogens with zero attached hydrogens (tertiary/aromatic N) is 2. The lowest BCUT2D eigenvalue weighted by molar-refractivity contribution is -0.130. The Balaban J connectivity index is 2.63. The fourth-order valence-corrected chi connectivity index (χ4v) is 1.46. The normalized spacial score (nSPS) is 11.6. The van der Waals surface area contributed by atoms with Gasteiger partial charge in [0.1, 0.15) is 5.82 Å². The highest BCUT2D eigenvalue weighted by atomic mass is 19.1. The first-order chi connectivity index (χ1) is 8.04. The van der Waals surface area contributed by atoms with E-state index in [-0.39, 0.29) is 24.2 Å². The number of likely N-dealkylation sites (N-methyl/N-ethyl adjacent to an activating group) is 1. The van der Waals surface area contributed by atoms with Crippen molar-refractivity contribution < 1.29 is 9.18 Å². The lowest BCUT2D eigenvalue weighted by atomic mass is 10.1. The minimum atomic E-state index is -0.344. The van der Waals surface area contributed by atoms with Gasteiger partial charge in [-0.15, -0.1) is 0 Å². The maximum absolute atomic E-state index is 12.9. The molecule has 0 spiro atoms. The van der Waals surface area contributed by atoms with Gasteiger partial charge in [0.15, 0.2) is 0 Å². The first kappa shape index (κ1) is 13.2. The van der Waals surface area contributed by atoms with Crippen LogP contribution in [0.2, 0.25) is 0 Å². The minimum Gasteiger partial charge on any atom is -0.342 e. The second kappa shape index (κ2) is 6.00. The van der Waals surface area contributed by atoms with Crippen LogP contribution in [0.25, 0.3) is 0 Å². The summed E-state index contributed by atoms with van der Waals surface area (Å²) in [6.07, 6.45) is 0.454. The zero-order valence-electron chi connectivity index (χ0n) is 9.98. The van der Waals surface area contributed by atoms with Gasteiger partial charge in [0.05, 0.1) is 18.9 Å². The number of carbonyl (C=O) groups excluding carboxylic acids is 1. The summed E-state index contributed by atoms with van der Waals surface area (Å²) >= 11 is 0. The van der Waals surface area contributed by atoms with Crippen molar-refractivity contribution in [1.29, 1.82) is 5.26 Å². The molecule has 0 fully saturated rings. The summed E-state index contributed by atoms with van der Waals surface area (Å²) in [5.41, 5.74) is 0.644. The molecule has 0 saturated carbocycles. The molecule has 0 heterocycles. The van der Waals surface area contributed by atoms with Crippen molar-refractivity contribution in [2.45, 2.75) is 25.8 Å². The molecule has 1 amide bonds. The van der Waals surface area contributed by atoms with E-state index in [9.17, 15) is 9.18 Å². The van der Waals surface area contributed by atoms with Crippen LogP contribution in [-0.4, -0.2) is 23.9 Å². The fourth-order valence-electron chi connectivity index (χ4n) is 1.46. The van der Waals surface area contributed by atoms with E-state index in [1.54, 1.807) is 19.2 Å². The number of hydrogen-bond acceptors (Lipinski definition) is 2. The molecule has 1 aromatic carbocycles. The molecule has 0 N–H and O–H groups in total. The molecule has 1 atom stereocenters. The molecule has 1 aromatic rings. The van der Waals surface area contributed by atoms with Gasteiger partial charge in [0.2, 0.25) is 5.91 Å². The Morgan fingerprint density at radius 3 is 2.88 bits per heavy atom. The van der Waals surface area contributed by atoms with E-state index >= 15 is 0 Å². The van der Waals surface area contributed by atoms with Crippen LogP contribution in [0.4, 0.5) is 4.39 Å². The largest absolute Gasteiger partial charge is 0.342 e. The van der Waals surface area contributed by atoms with Gasteiger partial charge in [-0.1, -0.05) is 12.1 Å². The van der Waals surface area contributed by atoms with Gasteiger partial charge in [-0.3, -0.25) is 4.79 Å². The van der Waals surface area contributed by atoms with E-state index in [4.69, 9.17) is 5.26 Å². The van der Waals surface area contributed by atoms with Crippen LogP contribution >= 0.6 is 0 Å². The van der Waals surface area contributed by atoms with E-state index < -0.39 is 0 Å². The van der Waals surface area contributed by atoms with Crippen LogP contribution < -0.4 is 0 Å². The molecule has 0 aliphatic rings. The fraction of sp³-hybridized carbons (Fsp3) is 0.385. The summed E-state index contributed by atoms with van der Waals surface area (Å²) in [6, 6.07) is 7.88. The lowest BCUT2D eigenvalue weighted by Gasteiger charge is -2.22. The summed E-state index contributed by atoms with van der Waals surface area (Å²) in [4.78, 5) is 13.4. The molecule has 0 bridgehead atoms. The van der Waals surface area contributed by atoms with E-state index in [2.05, 4.69) is 0 Å². The Morgan fingerprint density at radius 2 is 2.29 bits per heavy atom. The molecule has 0 aromatic heterocycles. The molecule has 0 radical (unpaired) electrons. The molecule has 90 valence electrons. The minimum absolute atomic E-state index is 0.113. The van der Waals surface area contributed by atoms with Gasteiger partial charge in [-0.2, -0.15) is 5.26 Å². The highest BCUT2D eigenvalue weighted by Gasteiger charge is 2.15. The van der Waals surface area contributed by atoms with Gasteiger partial charge in [-0.25, -0.2) is 4.39 Å². The van der Waals surface area contributed by atoms with Crippen LogP contribution in [0.15, 0.2) is 24.3 Å². The van der Waals surface area contributed by atoms with Crippen molar-refractivity contribution >= 4 is 5.91 Å². The summed E-state index contributed by atoms with van der Waals surface area (Å²) in [5.74, 6) is -0.457. The third-order valence-corrected chi connectivity index (χ3v) is 2.69. The lowest BCUT2D eigenvalue weighted by Crippen LogP contribution is -2.35. The van der Waals surface area contributed by atoms with Gasteiger partial charge < -0.3 is 4.90 Å². The average molecular weight is 234 g/mol. The van der Waals surface area contributed by atoms with Gasteiger partial charge in [-0.05, 0) is 24.6 Å². The van der Waals surface area contributed by atoms with Gasteiger partial charge in [0, 0.05) is 13.1 Å². The number of amides is 1. The predicted octanol–water partition coefficient (Wildman–Crippen LogP) is 2.13. The summed E-state index contributed by atoms with van der Waals surface area (Å²) in [6.45, 7) is 1.81. The van der Waals surface area contributed by atoms with Crippen LogP contribution in [0.5, 0.6) is 0 Å². The summed E-state index contributed by atoms with van der Waals surface area (Å²) in [5, 5.41) is 8.56. The number of carbonyl (C=O) groups is 1. The van der Waals surface area contributed by atoms with E-state index in [1.165, 1.54) is 17.0 Å². The molecule has 4 heteroatoms. The Labute approximate surface area is 100 Å². The summed E-state index contributed by atoms with van der Waals surface area (Å²) < 4.78 is 12.9. The van der Waals surface area contributed by atoms with Crippen molar-refractivity contribution in [3.05, 3.63) is 35.6 Å². The van der Waals surface area contributed by atoms with Crippen LogP contribution in [0.3, 0.4) is 0 Å². The average Bonchev–Trinajstić information content (AvgIpc) is 2.28. The molecule has 0 saturated heterocycles. The molecular weight excluding hydrogens is 219 g/mol.